The fourth-order valence-corrected chi connectivity index (χ4v) is 2.53. The molecule has 1 fully saturated rings. The standard InChI is InChI=1S/C17H21N5O2/c1-21(7-4-14-2-5-18-6-3-14)16(23)15-12-19-17(20-13-15)22-8-10-24-11-9-22/h2-3,5-6,12-13H,4,7-11H2,1H3. The van der Waals surface area contributed by atoms with Crippen LogP contribution in [0, 0.1) is 0 Å². The smallest absolute Gasteiger partial charge is 0.256 e. The van der Waals surface area contributed by atoms with Gasteiger partial charge in [-0.2, -0.15) is 0 Å². The van der Waals surface area contributed by atoms with Crippen LogP contribution in [0.5, 0.6) is 0 Å². The monoisotopic (exact) mass is 327 g/mol. The molecule has 7 nitrogen and oxygen atoms in total. The molecule has 0 saturated carbocycles. The van der Waals surface area contributed by atoms with Crippen LogP contribution in [0.3, 0.4) is 0 Å². The lowest BCUT2D eigenvalue weighted by Crippen LogP contribution is -2.37. The summed E-state index contributed by atoms with van der Waals surface area (Å²) in [5, 5.41) is 0. The second-order valence-electron chi connectivity index (χ2n) is 5.70. The van der Waals surface area contributed by atoms with Crippen molar-refractivity contribution in [3.05, 3.63) is 48.0 Å². The summed E-state index contributed by atoms with van der Waals surface area (Å²) < 4.78 is 5.32. The van der Waals surface area contributed by atoms with Crippen molar-refractivity contribution < 1.29 is 9.53 Å². The van der Waals surface area contributed by atoms with E-state index in [1.54, 1.807) is 36.7 Å². The number of hydrogen-bond donors (Lipinski definition) is 0. The number of morpholine rings is 1. The molecular weight excluding hydrogens is 306 g/mol. The van der Waals surface area contributed by atoms with Gasteiger partial charge in [0.2, 0.25) is 5.95 Å². The van der Waals surface area contributed by atoms with E-state index in [-0.39, 0.29) is 5.91 Å². The third-order valence-electron chi connectivity index (χ3n) is 4.01. The summed E-state index contributed by atoms with van der Waals surface area (Å²) in [5.41, 5.74) is 1.66. The maximum atomic E-state index is 12.5. The van der Waals surface area contributed by atoms with Crippen LogP contribution < -0.4 is 4.90 Å². The lowest BCUT2D eigenvalue weighted by Gasteiger charge is -2.26. The number of amides is 1. The molecule has 0 N–H and O–H groups in total. The zero-order valence-corrected chi connectivity index (χ0v) is 13.8. The van der Waals surface area contributed by atoms with Crippen molar-refractivity contribution in [3.63, 3.8) is 0 Å². The molecule has 0 bridgehead atoms. The molecule has 1 saturated heterocycles. The van der Waals surface area contributed by atoms with Gasteiger partial charge in [0, 0.05) is 51.5 Å². The Morgan fingerprint density at radius 3 is 2.54 bits per heavy atom. The van der Waals surface area contributed by atoms with E-state index in [9.17, 15) is 4.79 Å². The Bertz CT molecular complexity index is 656. The first-order valence-electron chi connectivity index (χ1n) is 8.03. The molecule has 1 amide bonds. The van der Waals surface area contributed by atoms with E-state index in [0.29, 0.717) is 31.3 Å². The Morgan fingerprint density at radius 1 is 1.21 bits per heavy atom. The van der Waals surface area contributed by atoms with Crippen LogP contribution in [0.2, 0.25) is 0 Å². The van der Waals surface area contributed by atoms with Gasteiger partial charge in [-0.15, -0.1) is 0 Å². The minimum absolute atomic E-state index is 0.0717. The normalized spacial score (nSPS) is 14.5. The first-order valence-corrected chi connectivity index (χ1v) is 8.03. The first-order chi connectivity index (χ1) is 11.7. The number of carbonyl (C=O) groups excluding carboxylic acids is 1. The quantitative estimate of drug-likeness (QED) is 0.817. The SMILES string of the molecule is CN(CCc1ccncc1)C(=O)c1cnc(N2CCOCC2)nc1. The third-order valence-corrected chi connectivity index (χ3v) is 4.01. The number of pyridine rings is 1. The van der Waals surface area contributed by atoms with Crippen LogP contribution >= 0.6 is 0 Å². The lowest BCUT2D eigenvalue weighted by atomic mass is 10.2. The zero-order valence-electron chi connectivity index (χ0n) is 13.8. The van der Waals surface area contributed by atoms with Crippen molar-refractivity contribution in [2.75, 3.05) is 44.8 Å². The number of anilines is 1. The number of likely N-dealkylation sites (N-methyl/N-ethyl adjacent to an activating group) is 1. The van der Waals surface area contributed by atoms with E-state index < -0.39 is 0 Å². The van der Waals surface area contributed by atoms with Gasteiger partial charge in [-0.25, -0.2) is 9.97 Å². The van der Waals surface area contributed by atoms with E-state index in [1.807, 2.05) is 12.1 Å². The van der Waals surface area contributed by atoms with Crippen molar-refractivity contribution in [3.8, 4) is 0 Å². The van der Waals surface area contributed by atoms with Crippen molar-refractivity contribution in [1.82, 2.24) is 19.9 Å². The molecule has 0 spiro atoms. The molecule has 24 heavy (non-hydrogen) atoms. The minimum atomic E-state index is -0.0717. The Kier molecular flexibility index (Phi) is 5.32. The summed E-state index contributed by atoms with van der Waals surface area (Å²) in [6.45, 7) is 3.55. The van der Waals surface area contributed by atoms with E-state index >= 15 is 0 Å². The molecule has 0 atom stereocenters. The average molecular weight is 327 g/mol. The highest BCUT2D eigenvalue weighted by molar-refractivity contribution is 5.93. The van der Waals surface area contributed by atoms with Crippen LogP contribution in [0.1, 0.15) is 15.9 Å². The fourth-order valence-electron chi connectivity index (χ4n) is 2.53. The van der Waals surface area contributed by atoms with Gasteiger partial charge in [0.05, 0.1) is 18.8 Å². The predicted octanol–water partition coefficient (Wildman–Crippen LogP) is 1.02. The van der Waals surface area contributed by atoms with Crippen LogP contribution in [-0.4, -0.2) is 65.7 Å². The lowest BCUT2D eigenvalue weighted by molar-refractivity contribution is 0.0795. The first kappa shape index (κ1) is 16.3. The van der Waals surface area contributed by atoms with Gasteiger partial charge in [-0.05, 0) is 24.1 Å². The Labute approximate surface area is 141 Å². The van der Waals surface area contributed by atoms with Crippen LogP contribution in [0.25, 0.3) is 0 Å². The van der Waals surface area contributed by atoms with Gasteiger partial charge in [0.25, 0.3) is 5.91 Å². The Balaban J connectivity index is 1.57. The molecule has 3 heterocycles. The van der Waals surface area contributed by atoms with Crippen LogP contribution in [-0.2, 0) is 11.2 Å². The largest absolute Gasteiger partial charge is 0.378 e. The van der Waals surface area contributed by atoms with Gasteiger partial charge in [-0.1, -0.05) is 0 Å². The van der Waals surface area contributed by atoms with E-state index in [1.165, 1.54) is 0 Å². The minimum Gasteiger partial charge on any atom is -0.378 e. The Morgan fingerprint density at radius 2 is 1.88 bits per heavy atom. The van der Waals surface area contributed by atoms with Crippen LogP contribution in [0.15, 0.2) is 36.9 Å². The molecule has 7 heteroatoms. The predicted molar refractivity (Wildman–Crippen MR) is 90.0 cm³/mol. The van der Waals surface area contributed by atoms with Gasteiger partial charge in [0.15, 0.2) is 0 Å². The molecule has 0 unspecified atom stereocenters. The van der Waals surface area contributed by atoms with Crippen molar-refractivity contribution in [2.24, 2.45) is 0 Å². The Hall–Kier alpha value is -2.54. The van der Waals surface area contributed by atoms with E-state index in [2.05, 4.69) is 19.9 Å². The molecule has 0 aliphatic carbocycles. The summed E-state index contributed by atoms with van der Waals surface area (Å²) in [4.78, 5) is 28.9. The van der Waals surface area contributed by atoms with Crippen LogP contribution in [0.4, 0.5) is 5.95 Å². The number of aromatic nitrogens is 3. The summed E-state index contributed by atoms with van der Waals surface area (Å²) in [7, 11) is 1.79. The highest BCUT2D eigenvalue weighted by Crippen LogP contribution is 2.10. The van der Waals surface area contributed by atoms with Gasteiger partial charge in [0.1, 0.15) is 0 Å². The number of ether oxygens (including phenoxy) is 1. The second kappa shape index (κ2) is 7.83. The molecule has 3 rings (SSSR count). The molecule has 2 aromatic rings. The summed E-state index contributed by atoms with van der Waals surface area (Å²) >= 11 is 0. The van der Waals surface area contributed by atoms with Gasteiger partial charge in [-0.3, -0.25) is 9.78 Å². The molecule has 1 aliphatic rings. The summed E-state index contributed by atoms with van der Waals surface area (Å²) in [6.07, 6.45) is 7.51. The molecule has 1 aliphatic heterocycles. The topological polar surface area (TPSA) is 71.5 Å². The number of rotatable bonds is 5. The highest BCUT2D eigenvalue weighted by Gasteiger charge is 2.16. The number of nitrogens with zero attached hydrogens (tertiary/aromatic N) is 5. The molecule has 126 valence electrons. The highest BCUT2D eigenvalue weighted by atomic mass is 16.5. The van der Waals surface area contributed by atoms with Crippen molar-refractivity contribution in [1.29, 1.82) is 0 Å². The molecule has 0 radical (unpaired) electrons. The van der Waals surface area contributed by atoms with Gasteiger partial charge >= 0.3 is 0 Å². The van der Waals surface area contributed by atoms with Crippen molar-refractivity contribution >= 4 is 11.9 Å². The molecule has 2 aromatic heterocycles. The number of hydrogen-bond acceptors (Lipinski definition) is 6. The van der Waals surface area contributed by atoms with Crippen molar-refractivity contribution in [2.45, 2.75) is 6.42 Å². The maximum Gasteiger partial charge on any atom is 0.256 e. The third kappa shape index (κ3) is 4.05. The van der Waals surface area contributed by atoms with E-state index in [4.69, 9.17) is 4.74 Å². The molecular formula is C17H21N5O2. The zero-order chi connectivity index (χ0) is 16.8. The summed E-state index contributed by atoms with van der Waals surface area (Å²) in [5.74, 6) is 0.576. The second-order valence-corrected chi connectivity index (χ2v) is 5.70. The fraction of sp³-hybridized carbons (Fsp3) is 0.412. The summed E-state index contributed by atoms with van der Waals surface area (Å²) in [6, 6.07) is 3.91. The van der Waals surface area contributed by atoms with Gasteiger partial charge < -0.3 is 14.5 Å². The van der Waals surface area contributed by atoms with E-state index in [0.717, 1.165) is 25.1 Å². The average Bonchev–Trinajstić information content (AvgIpc) is 2.67. The molecule has 0 aromatic carbocycles. The number of carbonyl (C=O) groups is 1. The maximum absolute atomic E-state index is 12.5.